The van der Waals surface area contributed by atoms with Crippen LogP contribution in [0.1, 0.15) is 50.1 Å². The van der Waals surface area contributed by atoms with Crippen molar-refractivity contribution < 1.29 is 0 Å². The fourth-order valence-corrected chi connectivity index (χ4v) is 13.4. The van der Waals surface area contributed by atoms with Crippen LogP contribution in [0.4, 0.5) is 22.7 Å². The van der Waals surface area contributed by atoms with Crippen LogP contribution in [-0.4, -0.2) is 24.9 Å². The van der Waals surface area contributed by atoms with Gasteiger partial charge in [-0.1, -0.05) is 253 Å². The maximum Gasteiger partial charge on any atom is 0.0707 e. The molecule has 2 aliphatic rings. The number of nitrogens with zero attached hydrogens (tertiary/aromatic N) is 4. The summed E-state index contributed by atoms with van der Waals surface area (Å²) in [5.41, 5.74) is 14.0. The van der Waals surface area contributed by atoms with E-state index in [0.29, 0.717) is 0 Å². The summed E-state index contributed by atoms with van der Waals surface area (Å²) in [5.74, 6) is 0. The number of hydrogen-bond acceptors (Lipinski definition) is 8. The van der Waals surface area contributed by atoms with Crippen LogP contribution in [0.5, 0.6) is 0 Å². The van der Waals surface area contributed by atoms with Crippen LogP contribution in [0.2, 0.25) is 0 Å². The summed E-state index contributed by atoms with van der Waals surface area (Å²) in [6, 6.07) is 85.5. The van der Waals surface area contributed by atoms with E-state index in [2.05, 4.69) is 116 Å². The lowest BCUT2D eigenvalue weighted by molar-refractivity contribution is 1.48. The monoisotopic (exact) mass is 1010 g/mol. The van der Waals surface area contributed by atoms with Gasteiger partial charge in [0.1, 0.15) is 0 Å². The van der Waals surface area contributed by atoms with Crippen molar-refractivity contribution >= 4 is 114 Å². The second-order valence-corrected chi connectivity index (χ2v) is 21.4. The van der Waals surface area contributed by atoms with Gasteiger partial charge in [-0.15, -0.1) is 0 Å². The van der Waals surface area contributed by atoms with E-state index in [1.54, 1.807) is 0 Å². The van der Waals surface area contributed by atoms with Crippen molar-refractivity contribution in [2.75, 3.05) is 0 Å². The van der Waals surface area contributed by atoms with E-state index in [9.17, 15) is 0 Å². The lowest BCUT2D eigenvalue weighted by atomic mass is 10.1. The molecule has 0 radical (unpaired) electrons. The predicted octanol–water partition coefficient (Wildman–Crippen LogP) is 19.1. The van der Waals surface area contributed by atoms with E-state index in [1.807, 2.05) is 211 Å². The number of hydrogen-bond donors (Lipinski definition) is 0. The number of benzene rings is 9. The largest absolute Gasteiger partial charge is 0.256 e. The van der Waals surface area contributed by atoms with E-state index in [4.69, 9.17) is 20.0 Å². The van der Waals surface area contributed by atoms with Gasteiger partial charge in [-0.05, 0) is 100.0 Å². The van der Waals surface area contributed by atoms with Gasteiger partial charge in [0.2, 0.25) is 0 Å². The van der Waals surface area contributed by atoms with Crippen LogP contribution in [-0.2, 0) is 0 Å². The molecule has 9 aromatic carbocycles. The summed E-state index contributed by atoms with van der Waals surface area (Å²) in [5, 5.41) is 0. The Bertz CT molecular complexity index is 3050. The van der Waals surface area contributed by atoms with E-state index >= 15 is 0 Å². The zero-order valence-corrected chi connectivity index (χ0v) is 43.2. The molecule has 2 heterocycles. The van der Waals surface area contributed by atoms with Crippen molar-refractivity contribution in [2.24, 2.45) is 20.0 Å². The Balaban J connectivity index is 0.000000807. The topological polar surface area (TPSA) is 49.4 Å². The van der Waals surface area contributed by atoms with Crippen LogP contribution >= 0.6 is 47.0 Å². The molecular formula is C65H48N4S4. The average Bonchev–Trinajstić information content (AvgIpc) is 4.12. The number of rotatable bonds is 12. The van der Waals surface area contributed by atoms with E-state index in [0.717, 1.165) is 45.0 Å². The molecule has 8 heteroatoms. The maximum absolute atomic E-state index is 4.70. The molecule has 2 aliphatic heterocycles. The summed E-state index contributed by atoms with van der Waals surface area (Å²) in [6.07, 6.45) is 7.72. The lowest BCUT2D eigenvalue weighted by Gasteiger charge is -2.07. The molecule has 4 nitrogen and oxygen atoms in total. The minimum atomic E-state index is 0.933. The van der Waals surface area contributed by atoms with Gasteiger partial charge in [0.15, 0.2) is 0 Å². The molecule has 0 fully saturated rings. The van der Waals surface area contributed by atoms with Gasteiger partial charge in [0.05, 0.1) is 31.2 Å². The predicted molar refractivity (Wildman–Crippen MR) is 323 cm³/mol. The number of aliphatic imine (C=N–C) groups is 4. The zero-order chi connectivity index (χ0) is 49.4. The molecule has 0 amide bonds. The van der Waals surface area contributed by atoms with Gasteiger partial charge in [-0.2, -0.15) is 0 Å². The van der Waals surface area contributed by atoms with E-state index < -0.39 is 0 Å². The first-order valence-electron chi connectivity index (χ1n) is 23.8. The van der Waals surface area contributed by atoms with Gasteiger partial charge < -0.3 is 0 Å². The first-order valence-corrected chi connectivity index (χ1v) is 27.1. The standard InChI is InChI=1S/C58H40N4S4.C7H8/c1-5-13-49(14-6-1)59-37-41-21-29-45(30-22-41)53-54(46-31-23-42(24-32-46)38-60-50-15-7-2-8-16-50)64-57(63-53)58-65-55(47-33-25-43(26-34-47)39-61-51-17-9-3-10-18-51)56(66-58)48-35-27-44(28-36-48)40-62-52-19-11-4-12-20-52;1-7-5-3-2-4-6-7/h1-40H;2-6H,1H3. The number of para-hydroxylation sites is 4. The molecule has 0 saturated carbocycles. The van der Waals surface area contributed by atoms with Crippen molar-refractivity contribution in [1.82, 2.24) is 0 Å². The summed E-state index contributed by atoms with van der Waals surface area (Å²) in [4.78, 5) is 23.8. The molecule has 0 aliphatic carbocycles. The van der Waals surface area contributed by atoms with Crippen molar-refractivity contribution in [2.45, 2.75) is 6.92 Å². The molecule has 0 atom stereocenters. The van der Waals surface area contributed by atoms with Crippen molar-refractivity contribution in [3.63, 3.8) is 0 Å². The van der Waals surface area contributed by atoms with Gasteiger partial charge in [0.25, 0.3) is 0 Å². The molecule has 0 saturated heterocycles. The molecule has 73 heavy (non-hydrogen) atoms. The highest BCUT2D eigenvalue weighted by Gasteiger charge is 2.32. The minimum Gasteiger partial charge on any atom is -0.256 e. The molecule has 0 aromatic heterocycles. The second-order valence-electron chi connectivity index (χ2n) is 16.8. The fourth-order valence-electron chi connectivity index (χ4n) is 7.59. The SMILES string of the molecule is C(=Nc1ccccc1)c1ccc(C2=C(c3ccc(C=Nc4ccccc4)cc3)SC(=C3SC(c4ccc(C=Nc5ccccc5)cc4)=C(c4ccc(C=Nc5ccccc5)cc4)S3)S2)cc1.Cc1ccccc1. The zero-order valence-electron chi connectivity index (χ0n) is 39.9. The van der Waals surface area contributed by atoms with Crippen LogP contribution in [0.25, 0.3) is 19.6 Å². The molecular weight excluding hydrogens is 965 g/mol. The van der Waals surface area contributed by atoms with E-state index in [1.165, 1.54) is 55.9 Å². The third kappa shape index (κ3) is 13.4. The highest BCUT2D eigenvalue weighted by Crippen LogP contribution is 2.66. The normalized spacial score (nSPS) is 13.8. The number of thioether (sulfide) groups is 4. The van der Waals surface area contributed by atoms with Crippen LogP contribution in [0, 0.1) is 6.92 Å². The van der Waals surface area contributed by atoms with Crippen molar-refractivity contribution in [3.05, 3.63) is 307 Å². The smallest absolute Gasteiger partial charge is 0.0707 e. The van der Waals surface area contributed by atoms with Crippen LogP contribution in [0.3, 0.4) is 0 Å². The molecule has 9 aromatic rings. The van der Waals surface area contributed by atoms with Gasteiger partial charge in [-0.3, -0.25) is 20.0 Å². The van der Waals surface area contributed by atoms with Gasteiger partial charge in [-0.25, -0.2) is 0 Å². The first-order chi connectivity index (χ1) is 36.1. The van der Waals surface area contributed by atoms with Crippen molar-refractivity contribution in [1.29, 1.82) is 0 Å². The van der Waals surface area contributed by atoms with Crippen LogP contribution < -0.4 is 0 Å². The third-order valence-corrected chi connectivity index (χ3v) is 17.4. The molecule has 352 valence electrons. The Morgan fingerprint density at radius 1 is 0.247 bits per heavy atom. The Morgan fingerprint density at radius 3 is 0.644 bits per heavy atom. The number of aryl methyl sites for hydroxylation is 1. The van der Waals surface area contributed by atoms with Crippen molar-refractivity contribution in [3.8, 4) is 0 Å². The molecule has 0 N–H and O–H groups in total. The summed E-state index contributed by atoms with van der Waals surface area (Å²) in [6.45, 7) is 2.08. The first kappa shape index (κ1) is 48.9. The Kier molecular flexibility index (Phi) is 16.5. The maximum atomic E-state index is 4.70. The quantitative estimate of drug-likeness (QED) is 0.114. The van der Waals surface area contributed by atoms with Gasteiger partial charge in [0, 0.05) is 44.5 Å². The van der Waals surface area contributed by atoms with E-state index in [-0.39, 0.29) is 0 Å². The lowest BCUT2D eigenvalue weighted by Crippen LogP contribution is -1.87. The van der Waals surface area contributed by atoms with Crippen LogP contribution in [0.15, 0.2) is 277 Å². The van der Waals surface area contributed by atoms with Gasteiger partial charge >= 0.3 is 0 Å². The molecule has 0 unspecified atom stereocenters. The minimum absolute atomic E-state index is 0.933. The molecule has 0 bridgehead atoms. The second kappa shape index (κ2) is 24.6. The summed E-state index contributed by atoms with van der Waals surface area (Å²) < 4.78 is 2.54. The third-order valence-electron chi connectivity index (χ3n) is 11.5. The molecule has 0 spiro atoms. The molecule has 11 rings (SSSR count). The highest BCUT2D eigenvalue weighted by molar-refractivity contribution is 8.39. The summed E-state index contributed by atoms with van der Waals surface area (Å²) in [7, 11) is 0. The Morgan fingerprint density at radius 2 is 0.452 bits per heavy atom. The summed E-state index contributed by atoms with van der Waals surface area (Å²) >= 11 is 7.44. The Labute approximate surface area is 445 Å². The highest BCUT2D eigenvalue weighted by atomic mass is 32.2. The fraction of sp³-hybridized carbons (Fsp3) is 0.0154. The average molecular weight is 1010 g/mol. The Hall–Kier alpha value is -7.72.